The van der Waals surface area contributed by atoms with Gasteiger partial charge in [0.15, 0.2) is 9.84 Å². The predicted molar refractivity (Wildman–Crippen MR) is 155 cm³/mol. The van der Waals surface area contributed by atoms with E-state index in [0.717, 1.165) is 18.4 Å². The Labute approximate surface area is 243 Å². The number of ketones is 1. The summed E-state index contributed by atoms with van der Waals surface area (Å²) in [7, 11) is -3.74. The van der Waals surface area contributed by atoms with Gasteiger partial charge in [-0.25, -0.2) is 27.5 Å². The molecule has 4 rings (SSSR count). The normalized spacial score (nSPS) is 20.7. The van der Waals surface area contributed by atoms with Crippen molar-refractivity contribution in [2.24, 2.45) is 4.99 Å². The summed E-state index contributed by atoms with van der Waals surface area (Å²) in [5.74, 6) is -2.97. The Hall–Kier alpha value is -4.14. The quantitative estimate of drug-likeness (QED) is 0.193. The predicted octanol–water partition coefficient (Wildman–Crippen LogP) is 1.76. The van der Waals surface area contributed by atoms with Gasteiger partial charge in [0.25, 0.3) is 5.79 Å². The van der Waals surface area contributed by atoms with Crippen LogP contribution >= 0.6 is 0 Å². The average molecular weight is 601 g/mol. The number of hydrogen-bond acceptors (Lipinski definition) is 9. The number of halogens is 1. The number of anilines is 1. The number of carbonyl (C=O) groups is 3. The number of nitrogens with one attached hydrogen (secondary N) is 4. The van der Waals surface area contributed by atoms with E-state index < -0.39 is 33.3 Å². The zero-order valence-electron chi connectivity index (χ0n) is 23.4. The van der Waals surface area contributed by atoms with Crippen molar-refractivity contribution in [1.82, 2.24) is 20.9 Å². The van der Waals surface area contributed by atoms with Gasteiger partial charge in [-0.05, 0) is 55.5 Å². The second kappa shape index (κ2) is 12.8. The number of ether oxygens (including phenoxy) is 1. The van der Waals surface area contributed by atoms with E-state index in [2.05, 4.69) is 26.3 Å². The van der Waals surface area contributed by atoms with Gasteiger partial charge in [0, 0.05) is 67.6 Å². The Kier molecular flexibility index (Phi) is 9.39. The molecule has 0 aliphatic carbocycles. The van der Waals surface area contributed by atoms with Crippen LogP contribution in [0.2, 0.25) is 0 Å². The molecule has 42 heavy (non-hydrogen) atoms. The van der Waals surface area contributed by atoms with E-state index >= 15 is 0 Å². The van der Waals surface area contributed by atoms with Crippen molar-refractivity contribution in [1.29, 1.82) is 0 Å². The van der Waals surface area contributed by atoms with Gasteiger partial charge < -0.3 is 26.0 Å². The maximum Gasteiger partial charge on any atom is 0.319 e. The Balaban J connectivity index is 1.62. The zero-order valence-corrected chi connectivity index (χ0v) is 24.3. The molecule has 2 heterocycles. The molecule has 2 aromatic rings. The van der Waals surface area contributed by atoms with Gasteiger partial charge in [-0.2, -0.15) is 0 Å². The molecule has 1 fully saturated rings. The number of urea groups is 1. The largest absolute Gasteiger partial charge is 0.379 e. The molecule has 224 valence electrons. The molecule has 12 nitrogen and oxygen atoms in total. The van der Waals surface area contributed by atoms with Crippen molar-refractivity contribution < 1.29 is 31.9 Å². The standard InChI is InChI=1S/C28H33FN6O6S/c1-18-17-41-15-14-35(18)28(32-11-10-24(34-28)23-16-21(29)6-9-25(23)42(3,39)40)26(37)20-4-7-22(8-5-20)33-27(38)31-13-12-30-19(2)36/h4-11,16,18,34H,12-15,17H2,1-3H3,(H,30,36)(H2,31,33,38)/t18?,28-/m0/s1. The van der Waals surface area contributed by atoms with Crippen LogP contribution < -0.4 is 21.3 Å². The van der Waals surface area contributed by atoms with Crippen LogP contribution in [0.15, 0.2) is 58.4 Å². The molecule has 1 unspecified atom stereocenters. The number of aliphatic imine (C=N–C) groups is 1. The molecule has 4 N–H and O–H groups in total. The van der Waals surface area contributed by atoms with Crippen LogP contribution in [0, 0.1) is 5.82 Å². The van der Waals surface area contributed by atoms with Crippen molar-refractivity contribution in [3.8, 4) is 0 Å². The van der Waals surface area contributed by atoms with E-state index in [0.29, 0.717) is 25.4 Å². The molecule has 2 atom stereocenters. The summed E-state index contributed by atoms with van der Waals surface area (Å²) in [6.07, 6.45) is 3.93. The highest BCUT2D eigenvalue weighted by molar-refractivity contribution is 7.90. The molecule has 1 saturated heterocycles. The van der Waals surface area contributed by atoms with E-state index in [1.165, 1.54) is 25.3 Å². The summed E-state index contributed by atoms with van der Waals surface area (Å²) in [5.41, 5.74) is 0.978. The lowest BCUT2D eigenvalue weighted by Gasteiger charge is -2.47. The Morgan fingerprint density at radius 1 is 1.14 bits per heavy atom. The van der Waals surface area contributed by atoms with Gasteiger partial charge in [-0.3, -0.25) is 9.59 Å². The summed E-state index contributed by atoms with van der Waals surface area (Å²) < 4.78 is 45.0. The summed E-state index contributed by atoms with van der Waals surface area (Å²) in [6.45, 7) is 4.78. The van der Waals surface area contributed by atoms with Crippen LogP contribution in [0.4, 0.5) is 14.9 Å². The SMILES string of the molecule is CC(=O)NCCNC(=O)Nc1ccc(C(=O)[C@]2(N3CCOCC3C)N=CC=C(c3cc(F)ccc3S(C)(=O)=O)N2)cc1. The van der Waals surface area contributed by atoms with Crippen LogP contribution in [0.1, 0.15) is 29.8 Å². The third-order valence-corrected chi connectivity index (χ3v) is 7.89. The smallest absolute Gasteiger partial charge is 0.319 e. The second-order valence-corrected chi connectivity index (χ2v) is 11.9. The number of rotatable bonds is 9. The number of morpholine rings is 1. The van der Waals surface area contributed by atoms with E-state index in [4.69, 9.17) is 4.74 Å². The van der Waals surface area contributed by atoms with Crippen LogP contribution in [-0.4, -0.2) is 88.2 Å². The molecule has 0 bridgehead atoms. The Morgan fingerprint density at radius 3 is 2.52 bits per heavy atom. The number of Topliss-reactive ketones (excluding diaryl/α,β-unsaturated/α-hetero) is 1. The molecule has 2 aliphatic heterocycles. The first-order chi connectivity index (χ1) is 19.9. The number of carbonyl (C=O) groups excluding carboxylic acids is 3. The molecule has 2 aromatic carbocycles. The Bertz CT molecular complexity index is 1530. The first-order valence-corrected chi connectivity index (χ1v) is 15.1. The fraction of sp³-hybridized carbons (Fsp3) is 0.357. The maximum absolute atomic E-state index is 14.3. The van der Waals surface area contributed by atoms with Gasteiger partial charge in [0.05, 0.1) is 18.1 Å². The number of amides is 3. The molecule has 0 radical (unpaired) electrons. The number of sulfone groups is 1. The second-order valence-electron chi connectivity index (χ2n) is 9.96. The van der Waals surface area contributed by atoms with E-state index in [1.807, 2.05) is 11.8 Å². The van der Waals surface area contributed by atoms with E-state index in [1.54, 1.807) is 24.3 Å². The summed E-state index contributed by atoms with van der Waals surface area (Å²) in [6, 6.07) is 8.84. The highest BCUT2D eigenvalue weighted by Gasteiger charge is 2.48. The van der Waals surface area contributed by atoms with E-state index in [9.17, 15) is 27.2 Å². The van der Waals surface area contributed by atoms with Crippen molar-refractivity contribution in [3.05, 3.63) is 65.5 Å². The lowest BCUT2D eigenvalue weighted by Crippen LogP contribution is -2.67. The zero-order chi connectivity index (χ0) is 30.5. The average Bonchev–Trinajstić information content (AvgIpc) is 2.95. The minimum Gasteiger partial charge on any atom is -0.379 e. The van der Waals surface area contributed by atoms with Gasteiger partial charge in [0.1, 0.15) is 5.82 Å². The molecule has 0 aromatic heterocycles. The minimum atomic E-state index is -3.74. The number of benzene rings is 2. The Morgan fingerprint density at radius 2 is 1.86 bits per heavy atom. The highest BCUT2D eigenvalue weighted by atomic mass is 32.2. The van der Waals surface area contributed by atoms with Gasteiger partial charge in [-0.15, -0.1) is 0 Å². The molecule has 0 saturated carbocycles. The van der Waals surface area contributed by atoms with Crippen molar-refractivity contribution in [3.63, 3.8) is 0 Å². The van der Waals surface area contributed by atoms with Gasteiger partial charge >= 0.3 is 6.03 Å². The van der Waals surface area contributed by atoms with Crippen LogP contribution in [0.25, 0.3) is 5.70 Å². The third-order valence-electron chi connectivity index (χ3n) is 6.73. The van der Waals surface area contributed by atoms with Crippen molar-refractivity contribution >= 4 is 45.2 Å². The fourth-order valence-electron chi connectivity index (χ4n) is 4.77. The van der Waals surface area contributed by atoms with Crippen LogP contribution in [-0.2, 0) is 19.4 Å². The maximum atomic E-state index is 14.3. The molecule has 3 amide bonds. The van der Waals surface area contributed by atoms with Gasteiger partial charge in [0.2, 0.25) is 11.7 Å². The lowest BCUT2D eigenvalue weighted by atomic mass is 9.98. The van der Waals surface area contributed by atoms with Crippen molar-refractivity contribution in [2.45, 2.75) is 30.6 Å². The molecule has 0 spiro atoms. The fourth-order valence-corrected chi connectivity index (χ4v) is 5.65. The first-order valence-electron chi connectivity index (χ1n) is 13.2. The number of nitrogens with zero attached hydrogens (tertiary/aromatic N) is 2. The summed E-state index contributed by atoms with van der Waals surface area (Å²) in [5, 5.41) is 11.0. The third kappa shape index (κ3) is 7.01. The topological polar surface area (TPSA) is 158 Å². The van der Waals surface area contributed by atoms with Crippen LogP contribution in [0.5, 0.6) is 0 Å². The number of allylic oxidation sites excluding steroid dienone is 1. The highest BCUT2D eigenvalue weighted by Crippen LogP contribution is 2.32. The molecular formula is C28H33FN6O6S. The first kappa shape index (κ1) is 30.8. The van der Waals surface area contributed by atoms with Crippen molar-refractivity contribution in [2.75, 3.05) is 44.4 Å². The monoisotopic (exact) mass is 600 g/mol. The minimum absolute atomic E-state index is 0.0748. The van der Waals surface area contributed by atoms with Crippen LogP contribution in [0.3, 0.4) is 0 Å². The lowest BCUT2D eigenvalue weighted by molar-refractivity contribution is -0.118. The van der Waals surface area contributed by atoms with E-state index in [-0.39, 0.29) is 46.8 Å². The summed E-state index contributed by atoms with van der Waals surface area (Å²) >= 11 is 0. The van der Waals surface area contributed by atoms with Gasteiger partial charge in [-0.1, -0.05) is 0 Å². The summed E-state index contributed by atoms with van der Waals surface area (Å²) in [4.78, 5) is 43.7. The molecule has 14 heteroatoms. The number of hydrogen-bond donors (Lipinski definition) is 4. The molecular weight excluding hydrogens is 567 g/mol. The molecule has 2 aliphatic rings.